The van der Waals surface area contributed by atoms with Gasteiger partial charge in [0.25, 0.3) is 0 Å². The fourth-order valence-corrected chi connectivity index (χ4v) is 2.72. The number of fused-ring (bicyclic) bond motifs is 1. The Balaban J connectivity index is 2.23. The van der Waals surface area contributed by atoms with Crippen LogP contribution in [-0.2, 0) is 0 Å². The first kappa shape index (κ1) is 9.87. The van der Waals surface area contributed by atoms with Crippen LogP contribution < -0.4 is 0 Å². The molecule has 80 valence electrons. The van der Waals surface area contributed by atoms with Crippen LogP contribution in [0.5, 0.6) is 0 Å². The number of imidazole rings is 1. The molecule has 1 aromatic carbocycles. The Morgan fingerprint density at radius 3 is 3.06 bits per heavy atom. The van der Waals surface area contributed by atoms with Gasteiger partial charge in [-0.2, -0.15) is 0 Å². The molecule has 2 nitrogen and oxygen atoms in total. The van der Waals surface area contributed by atoms with E-state index in [0.717, 1.165) is 21.2 Å². The average molecular weight is 249 g/mol. The van der Waals surface area contributed by atoms with Crippen LogP contribution in [0.3, 0.4) is 0 Å². The van der Waals surface area contributed by atoms with Crippen LogP contribution in [0.15, 0.2) is 36.0 Å². The standard InChI is InChI=1S/C12H9ClN2S/c1-8-6-9(2-3-10(8)13)11-7-16-12-14-4-5-15(11)12/h2-7H,1H3. The molecule has 0 atom stereocenters. The van der Waals surface area contributed by atoms with Crippen LogP contribution in [0.2, 0.25) is 5.02 Å². The van der Waals surface area contributed by atoms with E-state index >= 15 is 0 Å². The molecule has 16 heavy (non-hydrogen) atoms. The summed E-state index contributed by atoms with van der Waals surface area (Å²) in [5.41, 5.74) is 3.43. The highest BCUT2D eigenvalue weighted by Gasteiger charge is 2.07. The minimum Gasteiger partial charge on any atom is -0.290 e. The molecule has 2 heterocycles. The molecular weight excluding hydrogens is 240 g/mol. The first-order valence-corrected chi connectivity index (χ1v) is 6.18. The van der Waals surface area contributed by atoms with Crippen molar-refractivity contribution in [3.63, 3.8) is 0 Å². The Morgan fingerprint density at radius 2 is 2.25 bits per heavy atom. The Labute approximate surface area is 102 Å². The van der Waals surface area contributed by atoms with E-state index < -0.39 is 0 Å². The molecule has 0 saturated carbocycles. The highest BCUT2D eigenvalue weighted by Crippen LogP contribution is 2.28. The van der Waals surface area contributed by atoms with Gasteiger partial charge in [-0.05, 0) is 30.2 Å². The van der Waals surface area contributed by atoms with Crippen molar-refractivity contribution in [1.82, 2.24) is 9.38 Å². The molecule has 0 fully saturated rings. The van der Waals surface area contributed by atoms with Crippen LogP contribution >= 0.6 is 22.9 Å². The van der Waals surface area contributed by atoms with E-state index in [-0.39, 0.29) is 0 Å². The van der Waals surface area contributed by atoms with Crippen LogP contribution in [0, 0.1) is 6.92 Å². The average Bonchev–Trinajstić information content (AvgIpc) is 2.83. The van der Waals surface area contributed by atoms with Crippen molar-refractivity contribution in [1.29, 1.82) is 0 Å². The molecule has 3 rings (SSSR count). The predicted molar refractivity (Wildman–Crippen MR) is 68.3 cm³/mol. The third-order valence-electron chi connectivity index (χ3n) is 2.60. The molecule has 4 heteroatoms. The molecule has 0 radical (unpaired) electrons. The zero-order valence-corrected chi connectivity index (χ0v) is 10.2. The highest BCUT2D eigenvalue weighted by molar-refractivity contribution is 7.15. The summed E-state index contributed by atoms with van der Waals surface area (Å²) < 4.78 is 2.09. The van der Waals surface area contributed by atoms with Crippen molar-refractivity contribution < 1.29 is 0 Å². The van der Waals surface area contributed by atoms with Crippen molar-refractivity contribution in [2.45, 2.75) is 6.92 Å². The molecule has 2 aromatic heterocycles. The fraction of sp³-hybridized carbons (Fsp3) is 0.0833. The molecule has 0 unspecified atom stereocenters. The monoisotopic (exact) mass is 248 g/mol. The van der Waals surface area contributed by atoms with E-state index in [1.807, 2.05) is 31.5 Å². The molecule has 0 spiro atoms. The molecule has 0 aliphatic rings. The van der Waals surface area contributed by atoms with Gasteiger partial charge in [-0.1, -0.05) is 17.7 Å². The second kappa shape index (κ2) is 3.61. The topological polar surface area (TPSA) is 17.3 Å². The van der Waals surface area contributed by atoms with E-state index in [9.17, 15) is 0 Å². The van der Waals surface area contributed by atoms with Gasteiger partial charge in [0.05, 0.1) is 5.69 Å². The van der Waals surface area contributed by atoms with Gasteiger partial charge in [0.2, 0.25) is 0 Å². The van der Waals surface area contributed by atoms with Crippen molar-refractivity contribution >= 4 is 27.9 Å². The summed E-state index contributed by atoms with van der Waals surface area (Å²) in [5, 5.41) is 2.92. The molecule has 0 saturated heterocycles. The first-order chi connectivity index (χ1) is 7.75. The van der Waals surface area contributed by atoms with Crippen LogP contribution in [0.25, 0.3) is 16.2 Å². The second-order valence-electron chi connectivity index (χ2n) is 3.66. The second-order valence-corrected chi connectivity index (χ2v) is 4.91. The zero-order valence-electron chi connectivity index (χ0n) is 8.64. The molecule has 0 aliphatic heterocycles. The van der Waals surface area contributed by atoms with E-state index in [4.69, 9.17) is 11.6 Å². The lowest BCUT2D eigenvalue weighted by atomic mass is 10.1. The Morgan fingerprint density at radius 1 is 1.38 bits per heavy atom. The van der Waals surface area contributed by atoms with Gasteiger partial charge < -0.3 is 0 Å². The van der Waals surface area contributed by atoms with E-state index in [0.29, 0.717) is 0 Å². The van der Waals surface area contributed by atoms with Crippen molar-refractivity contribution in [2.24, 2.45) is 0 Å². The van der Waals surface area contributed by atoms with E-state index in [1.165, 1.54) is 5.56 Å². The third kappa shape index (κ3) is 1.44. The van der Waals surface area contributed by atoms with Crippen molar-refractivity contribution in [3.05, 3.63) is 46.6 Å². The van der Waals surface area contributed by atoms with E-state index in [1.54, 1.807) is 11.3 Å². The quantitative estimate of drug-likeness (QED) is 0.636. The molecule has 0 aliphatic carbocycles. The minimum absolute atomic E-state index is 0.806. The SMILES string of the molecule is Cc1cc(-c2csc3nccn23)ccc1Cl. The van der Waals surface area contributed by atoms with Crippen LogP contribution in [0.1, 0.15) is 5.56 Å². The number of nitrogens with zero attached hydrogens (tertiary/aromatic N) is 2. The minimum atomic E-state index is 0.806. The van der Waals surface area contributed by atoms with Crippen molar-refractivity contribution in [3.8, 4) is 11.3 Å². The summed E-state index contributed by atoms with van der Waals surface area (Å²) in [4.78, 5) is 5.28. The molecule has 0 amide bonds. The third-order valence-corrected chi connectivity index (χ3v) is 3.87. The number of thiazole rings is 1. The van der Waals surface area contributed by atoms with Gasteiger partial charge in [0.1, 0.15) is 0 Å². The van der Waals surface area contributed by atoms with Crippen molar-refractivity contribution in [2.75, 3.05) is 0 Å². The summed E-state index contributed by atoms with van der Waals surface area (Å²) in [6, 6.07) is 6.08. The smallest absolute Gasteiger partial charge is 0.194 e. The maximum absolute atomic E-state index is 6.02. The molecule has 0 bridgehead atoms. The Kier molecular flexibility index (Phi) is 2.23. The van der Waals surface area contributed by atoms with Gasteiger partial charge in [-0.15, -0.1) is 11.3 Å². The number of benzene rings is 1. The normalized spacial score (nSPS) is 11.1. The van der Waals surface area contributed by atoms with Gasteiger partial charge in [0.15, 0.2) is 4.96 Å². The number of halogens is 1. The summed E-state index contributed by atoms with van der Waals surface area (Å²) in [6.07, 6.45) is 3.79. The molecule has 3 aromatic rings. The summed E-state index contributed by atoms with van der Waals surface area (Å²) in [6.45, 7) is 2.02. The number of aromatic nitrogens is 2. The largest absolute Gasteiger partial charge is 0.290 e. The van der Waals surface area contributed by atoms with Gasteiger partial charge in [-0.25, -0.2) is 4.98 Å². The summed E-state index contributed by atoms with van der Waals surface area (Å²) >= 11 is 7.67. The number of hydrogen-bond acceptors (Lipinski definition) is 2. The maximum Gasteiger partial charge on any atom is 0.194 e. The predicted octanol–water partition coefficient (Wildman–Crippen LogP) is 4.02. The zero-order chi connectivity index (χ0) is 11.1. The lowest BCUT2D eigenvalue weighted by molar-refractivity contribution is 1.23. The van der Waals surface area contributed by atoms with E-state index in [2.05, 4.69) is 20.8 Å². The number of rotatable bonds is 1. The lowest BCUT2D eigenvalue weighted by Crippen LogP contribution is -1.85. The highest BCUT2D eigenvalue weighted by atomic mass is 35.5. The first-order valence-electron chi connectivity index (χ1n) is 4.93. The number of hydrogen-bond donors (Lipinski definition) is 0. The molecular formula is C12H9ClN2S. The van der Waals surface area contributed by atoms with Gasteiger partial charge in [-0.3, -0.25) is 4.40 Å². The number of aryl methyl sites for hydroxylation is 1. The van der Waals surface area contributed by atoms with Gasteiger partial charge in [0, 0.05) is 22.8 Å². The fourth-order valence-electron chi connectivity index (χ4n) is 1.74. The molecule has 0 N–H and O–H groups in total. The lowest BCUT2D eigenvalue weighted by Gasteiger charge is -2.02. The van der Waals surface area contributed by atoms with Crippen LogP contribution in [0.4, 0.5) is 0 Å². The Hall–Kier alpha value is -1.32. The maximum atomic E-state index is 6.02. The summed E-state index contributed by atoms with van der Waals surface area (Å²) in [5.74, 6) is 0. The summed E-state index contributed by atoms with van der Waals surface area (Å²) in [7, 11) is 0. The van der Waals surface area contributed by atoms with Crippen LogP contribution in [-0.4, -0.2) is 9.38 Å². The Bertz CT molecular complexity index is 654. The van der Waals surface area contributed by atoms with Gasteiger partial charge >= 0.3 is 0 Å².